The molecule has 0 radical (unpaired) electrons. The molecule has 0 saturated carbocycles. The standard InChI is InChI=1S/C17H21ClN4O/c1-23-14-5-3-2-4-13(14)10-12-6-8-22(9-7-12)16-11-15(18)20-17(19)21-16/h2-5,11-12H,6-10H2,1H3,(H2,19,20,21). The molecule has 2 heterocycles. The normalized spacial score (nSPS) is 15.7. The Morgan fingerprint density at radius 2 is 2.00 bits per heavy atom. The van der Waals surface area contributed by atoms with Gasteiger partial charge in [0.2, 0.25) is 5.95 Å². The molecule has 1 aliphatic rings. The van der Waals surface area contributed by atoms with Gasteiger partial charge in [-0.3, -0.25) is 0 Å². The highest BCUT2D eigenvalue weighted by atomic mass is 35.5. The Morgan fingerprint density at radius 3 is 2.70 bits per heavy atom. The Bertz CT molecular complexity index is 651. The number of aromatic nitrogens is 2. The van der Waals surface area contributed by atoms with E-state index in [1.165, 1.54) is 5.56 Å². The van der Waals surface area contributed by atoms with E-state index in [4.69, 9.17) is 22.1 Å². The largest absolute Gasteiger partial charge is 0.496 e. The van der Waals surface area contributed by atoms with E-state index in [0.29, 0.717) is 11.1 Å². The second kappa shape index (κ2) is 7.04. The van der Waals surface area contributed by atoms with Crippen LogP contribution in [-0.2, 0) is 6.42 Å². The van der Waals surface area contributed by atoms with Crippen molar-refractivity contribution in [2.24, 2.45) is 5.92 Å². The summed E-state index contributed by atoms with van der Waals surface area (Å²) in [5.74, 6) is 2.67. The third-order valence-electron chi connectivity index (χ3n) is 4.34. The predicted molar refractivity (Wildman–Crippen MR) is 93.1 cm³/mol. The maximum atomic E-state index is 5.97. The van der Waals surface area contributed by atoms with Crippen molar-refractivity contribution >= 4 is 23.4 Å². The molecule has 0 atom stereocenters. The predicted octanol–water partition coefficient (Wildman–Crippen LogP) is 3.18. The number of piperidine rings is 1. The zero-order chi connectivity index (χ0) is 16.2. The number of ether oxygens (including phenoxy) is 1. The van der Waals surface area contributed by atoms with Crippen molar-refractivity contribution in [2.75, 3.05) is 30.8 Å². The highest BCUT2D eigenvalue weighted by Crippen LogP contribution is 2.28. The van der Waals surface area contributed by atoms with Crippen LogP contribution in [0, 0.1) is 5.92 Å². The monoisotopic (exact) mass is 332 g/mol. The molecule has 2 N–H and O–H groups in total. The number of hydrogen-bond acceptors (Lipinski definition) is 5. The molecule has 0 bridgehead atoms. The summed E-state index contributed by atoms with van der Waals surface area (Å²) in [6.07, 6.45) is 3.27. The van der Waals surface area contributed by atoms with E-state index in [1.54, 1.807) is 13.2 Å². The topological polar surface area (TPSA) is 64.3 Å². The lowest BCUT2D eigenvalue weighted by atomic mass is 9.90. The lowest BCUT2D eigenvalue weighted by Gasteiger charge is -2.33. The van der Waals surface area contributed by atoms with Crippen LogP contribution < -0.4 is 15.4 Å². The Labute approximate surface area is 141 Å². The SMILES string of the molecule is COc1ccccc1CC1CCN(c2cc(Cl)nc(N)n2)CC1. The number of benzene rings is 1. The molecule has 6 heteroatoms. The first-order valence-electron chi connectivity index (χ1n) is 7.82. The van der Waals surface area contributed by atoms with Crippen LogP contribution in [0.5, 0.6) is 5.75 Å². The molecule has 122 valence electrons. The summed E-state index contributed by atoms with van der Waals surface area (Å²) in [7, 11) is 1.73. The van der Waals surface area contributed by atoms with Gasteiger partial charge in [-0.2, -0.15) is 4.98 Å². The molecule has 0 unspecified atom stereocenters. The minimum absolute atomic E-state index is 0.226. The van der Waals surface area contributed by atoms with Gasteiger partial charge in [0.1, 0.15) is 16.7 Å². The van der Waals surface area contributed by atoms with Crippen LogP contribution in [0.2, 0.25) is 5.15 Å². The lowest BCUT2D eigenvalue weighted by molar-refractivity contribution is 0.380. The average Bonchev–Trinajstić information content (AvgIpc) is 2.55. The highest BCUT2D eigenvalue weighted by Gasteiger charge is 2.22. The third kappa shape index (κ3) is 3.85. The van der Waals surface area contributed by atoms with E-state index in [1.807, 2.05) is 12.1 Å². The molecule has 1 aliphatic heterocycles. The Balaban J connectivity index is 1.62. The Kier molecular flexibility index (Phi) is 4.86. The molecule has 3 rings (SSSR count). The van der Waals surface area contributed by atoms with Crippen molar-refractivity contribution in [1.29, 1.82) is 0 Å². The summed E-state index contributed by atoms with van der Waals surface area (Å²) in [6.45, 7) is 1.90. The van der Waals surface area contributed by atoms with E-state index >= 15 is 0 Å². The molecule has 23 heavy (non-hydrogen) atoms. The molecule has 0 amide bonds. The number of methoxy groups -OCH3 is 1. The highest BCUT2D eigenvalue weighted by molar-refractivity contribution is 6.29. The number of para-hydroxylation sites is 1. The van der Waals surface area contributed by atoms with E-state index in [2.05, 4.69) is 27.0 Å². The number of hydrogen-bond donors (Lipinski definition) is 1. The van der Waals surface area contributed by atoms with Crippen LogP contribution >= 0.6 is 11.6 Å². The minimum atomic E-state index is 0.226. The number of halogens is 1. The van der Waals surface area contributed by atoms with Crippen molar-refractivity contribution in [1.82, 2.24) is 9.97 Å². The summed E-state index contributed by atoms with van der Waals surface area (Å²) in [5, 5.41) is 0.392. The molecule has 1 aromatic carbocycles. The average molecular weight is 333 g/mol. The van der Waals surface area contributed by atoms with Gasteiger partial charge in [0.05, 0.1) is 7.11 Å². The molecular formula is C17H21ClN4O. The molecule has 0 aliphatic carbocycles. The van der Waals surface area contributed by atoms with Gasteiger partial charge >= 0.3 is 0 Å². The summed E-state index contributed by atoms with van der Waals surface area (Å²) < 4.78 is 5.45. The van der Waals surface area contributed by atoms with Crippen LogP contribution in [-0.4, -0.2) is 30.2 Å². The molecule has 2 aromatic rings. The van der Waals surface area contributed by atoms with Gasteiger partial charge < -0.3 is 15.4 Å². The molecular weight excluding hydrogens is 312 g/mol. The van der Waals surface area contributed by atoms with Gasteiger partial charge in [-0.15, -0.1) is 0 Å². The number of nitrogens with two attached hydrogens (primary N) is 1. The first kappa shape index (κ1) is 15.9. The van der Waals surface area contributed by atoms with E-state index in [0.717, 1.165) is 43.9 Å². The minimum Gasteiger partial charge on any atom is -0.496 e. The van der Waals surface area contributed by atoms with Crippen LogP contribution in [0.15, 0.2) is 30.3 Å². The number of nitrogen functional groups attached to an aromatic ring is 1. The fraction of sp³-hybridized carbons (Fsp3) is 0.412. The van der Waals surface area contributed by atoms with E-state index in [9.17, 15) is 0 Å². The second-order valence-electron chi connectivity index (χ2n) is 5.85. The summed E-state index contributed by atoms with van der Waals surface area (Å²) in [4.78, 5) is 10.4. The number of nitrogens with zero attached hydrogens (tertiary/aromatic N) is 3. The van der Waals surface area contributed by atoms with Crippen molar-refractivity contribution < 1.29 is 4.74 Å². The molecule has 1 fully saturated rings. The quantitative estimate of drug-likeness (QED) is 0.871. The summed E-state index contributed by atoms with van der Waals surface area (Å²) in [5.41, 5.74) is 6.96. The number of anilines is 2. The van der Waals surface area contributed by atoms with Crippen LogP contribution in [0.4, 0.5) is 11.8 Å². The van der Waals surface area contributed by atoms with Gasteiger partial charge in [-0.1, -0.05) is 29.8 Å². The Hall–Kier alpha value is -2.01. The molecule has 0 spiro atoms. The molecule has 1 aromatic heterocycles. The first-order valence-corrected chi connectivity index (χ1v) is 8.20. The van der Waals surface area contributed by atoms with Gasteiger partial charge in [0.25, 0.3) is 0 Å². The maximum Gasteiger partial charge on any atom is 0.223 e. The molecule has 1 saturated heterocycles. The van der Waals surface area contributed by atoms with Crippen molar-refractivity contribution in [3.8, 4) is 5.75 Å². The van der Waals surface area contributed by atoms with Gasteiger partial charge in [-0.25, -0.2) is 4.98 Å². The van der Waals surface area contributed by atoms with Crippen molar-refractivity contribution in [3.63, 3.8) is 0 Å². The third-order valence-corrected chi connectivity index (χ3v) is 4.53. The van der Waals surface area contributed by atoms with Crippen molar-refractivity contribution in [3.05, 3.63) is 41.0 Å². The molecule has 5 nitrogen and oxygen atoms in total. The fourth-order valence-corrected chi connectivity index (χ4v) is 3.32. The summed E-state index contributed by atoms with van der Waals surface area (Å²) >= 11 is 5.97. The second-order valence-corrected chi connectivity index (χ2v) is 6.24. The smallest absolute Gasteiger partial charge is 0.223 e. The maximum absolute atomic E-state index is 5.97. The lowest BCUT2D eigenvalue weighted by Crippen LogP contribution is -2.35. The van der Waals surface area contributed by atoms with Crippen molar-refractivity contribution in [2.45, 2.75) is 19.3 Å². The van der Waals surface area contributed by atoms with Gasteiger partial charge in [-0.05, 0) is 36.8 Å². The fourth-order valence-electron chi connectivity index (χ4n) is 3.13. The zero-order valence-electron chi connectivity index (χ0n) is 13.2. The number of rotatable bonds is 4. The summed E-state index contributed by atoms with van der Waals surface area (Å²) in [6, 6.07) is 10.0. The van der Waals surface area contributed by atoms with Crippen LogP contribution in [0.1, 0.15) is 18.4 Å². The van der Waals surface area contributed by atoms with E-state index < -0.39 is 0 Å². The van der Waals surface area contributed by atoms with Gasteiger partial charge in [0, 0.05) is 19.2 Å². The van der Waals surface area contributed by atoms with E-state index in [-0.39, 0.29) is 5.95 Å². The zero-order valence-corrected chi connectivity index (χ0v) is 14.0. The Morgan fingerprint density at radius 1 is 1.26 bits per heavy atom. The van der Waals surface area contributed by atoms with Gasteiger partial charge in [0.15, 0.2) is 0 Å². The first-order chi connectivity index (χ1) is 11.2. The van der Waals surface area contributed by atoms with Crippen LogP contribution in [0.25, 0.3) is 0 Å². The van der Waals surface area contributed by atoms with Crippen LogP contribution in [0.3, 0.4) is 0 Å².